The van der Waals surface area contributed by atoms with Gasteiger partial charge in [-0.3, -0.25) is 10.1 Å². The molecule has 0 aliphatic heterocycles. The molecule has 3 nitrogen and oxygen atoms in total. The maximum Gasteiger partial charge on any atom is 0.401 e. The van der Waals surface area contributed by atoms with Gasteiger partial charge in [0.05, 0.1) is 6.54 Å². The fourth-order valence-corrected chi connectivity index (χ4v) is 1.70. The van der Waals surface area contributed by atoms with Crippen LogP contribution in [-0.2, 0) is 4.79 Å². The van der Waals surface area contributed by atoms with Gasteiger partial charge in [-0.1, -0.05) is 28.1 Å². The second-order valence-corrected chi connectivity index (χ2v) is 4.30. The third-order valence-electron chi connectivity index (χ3n) is 1.97. The first-order valence-corrected chi connectivity index (χ1v) is 5.44. The molecule has 3 N–H and O–H groups in total. The zero-order valence-electron chi connectivity index (χ0n) is 8.59. The molecule has 1 amide bonds. The molecule has 7 heteroatoms. The molecule has 0 aliphatic carbocycles. The summed E-state index contributed by atoms with van der Waals surface area (Å²) >= 11 is 3.17. The van der Waals surface area contributed by atoms with Gasteiger partial charge in [0.2, 0.25) is 5.91 Å². The van der Waals surface area contributed by atoms with Crippen molar-refractivity contribution in [1.29, 1.82) is 0 Å². The van der Waals surface area contributed by atoms with Crippen molar-refractivity contribution in [2.75, 3.05) is 6.54 Å². The van der Waals surface area contributed by atoms with E-state index in [0.717, 1.165) is 0 Å². The largest absolute Gasteiger partial charge is 0.401 e. The molecule has 1 aromatic carbocycles. The monoisotopic (exact) mass is 310 g/mol. The average molecular weight is 311 g/mol. The number of halogens is 4. The Balaban J connectivity index is 2.83. The minimum atomic E-state index is -4.39. The molecule has 0 aliphatic rings. The number of hydrogen-bond donors (Lipinski definition) is 2. The van der Waals surface area contributed by atoms with Crippen molar-refractivity contribution in [2.45, 2.75) is 12.2 Å². The lowest BCUT2D eigenvalue weighted by Crippen LogP contribution is -2.38. The van der Waals surface area contributed by atoms with Crippen LogP contribution in [0.5, 0.6) is 0 Å². The predicted molar refractivity (Wildman–Crippen MR) is 60.1 cm³/mol. The summed E-state index contributed by atoms with van der Waals surface area (Å²) in [4.78, 5) is 11.1. The van der Waals surface area contributed by atoms with E-state index >= 15 is 0 Å². The van der Waals surface area contributed by atoms with Crippen molar-refractivity contribution >= 4 is 21.8 Å². The third-order valence-corrected chi connectivity index (χ3v) is 2.47. The van der Waals surface area contributed by atoms with Crippen molar-refractivity contribution in [3.05, 3.63) is 34.3 Å². The minimum absolute atomic E-state index is 0.385. The van der Waals surface area contributed by atoms with Gasteiger partial charge in [-0.25, -0.2) is 0 Å². The van der Waals surface area contributed by atoms with Crippen LogP contribution in [0.2, 0.25) is 0 Å². The van der Waals surface area contributed by atoms with E-state index in [4.69, 9.17) is 5.73 Å². The van der Waals surface area contributed by atoms with E-state index < -0.39 is 24.7 Å². The molecule has 0 saturated heterocycles. The normalized spacial score (nSPS) is 13.4. The van der Waals surface area contributed by atoms with E-state index in [0.29, 0.717) is 10.0 Å². The molecule has 1 rings (SSSR count). The molecule has 1 unspecified atom stereocenters. The van der Waals surface area contributed by atoms with Crippen LogP contribution in [0.3, 0.4) is 0 Å². The number of primary amides is 1. The molecule has 0 radical (unpaired) electrons. The summed E-state index contributed by atoms with van der Waals surface area (Å²) in [7, 11) is 0. The van der Waals surface area contributed by atoms with Crippen LogP contribution in [0.25, 0.3) is 0 Å². The summed E-state index contributed by atoms with van der Waals surface area (Å²) in [6, 6.07) is 5.23. The van der Waals surface area contributed by atoms with Gasteiger partial charge in [0.1, 0.15) is 6.04 Å². The molecule has 0 spiro atoms. The first-order valence-electron chi connectivity index (χ1n) is 4.64. The Bertz CT molecular complexity index is 409. The summed E-state index contributed by atoms with van der Waals surface area (Å²) in [5.41, 5.74) is 5.45. The van der Waals surface area contributed by atoms with Crippen molar-refractivity contribution in [2.24, 2.45) is 5.73 Å². The van der Waals surface area contributed by atoms with Crippen LogP contribution in [-0.4, -0.2) is 18.6 Å². The highest BCUT2D eigenvalue weighted by atomic mass is 79.9. The molecule has 0 saturated carbocycles. The van der Waals surface area contributed by atoms with E-state index in [-0.39, 0.29) is 0 Å². The second kappa shape index (κ2) is 5.50. The first-order chi connectivity index (χ1) is 7.79. The van der Waals surface area contributed by atoms with Crippen LogP contribution in [0.15, 0.2) is 28.7 Å². The highest BCUT2D eigenvalue weighted by molar-refractivity contribution is 9.10. The Morgan fingerprint density at radius 2 is 2.12 bits per heavy atom. The molecule has 94 valence electrons. The molecule has 1 aromatic rings. The third kappa shape index (κ3) is 4.74. The molecule has 0 heterocycles. The van der Waals surface area contributed by atoms with E-state index in [1.807, 2.05) is 0 Å². The van der Waals surface area contributed by atoms with Gasteiger partial charge < -0.3 is 5.73 Å². The lowest BCUT2D eigenvalue weighted by Gasteiger charge is -2.17. The minimum Gasteiger partial charge on any atom is -0.368 e. The lowest BCUT2D eigenvalue weighted by atomic mass is 10.1. The predicted octanol–water partition coefficient (Wildman–Crippen LogP) is 2.13. The molecule has 0 bridgehead atoms. The number of alkyl halides is 3. The molecule has 0 aromatic heterocycles. The summed E-state index contributed by atoms with van der Waals surface area (Å²) in [5.74, 6) is -0.854. The Kier molecular flexibility index (Phi) is 4.53. The summed E-state index contributed by atoms with van der Waals surface area (Å²) in [5, 5.41) is 2.08. The highest BCUT2D eigenvalue weighted by Crippen LogP contribution is 2.20. The smallest absolute Gasteiger partial charge is 0.368 e. The van der Waals surface area contributed by atoms with Crippen LogP contribution in [0.4, 0.5) is 13.2 Å². The van der Waals surface area contributed by atoms with Gasteiger partial charge in [-0.15, -0.1) is 0 Å². The van der Waals surface area contributed by atoms with Crippen LogP contribution in [0.1, 0.15) is 11.6 Å². The number of carbonyl (C=O) groups excluding carboxylic acids is 1. The molecular formula is C10H10BrF3N2O. The topological polar surface area (TPSA) is 55.1 Å². The van der Waals surface area contributed by atoms with Gasteiger partial charge in [0.25, 0.3) is 0 Å². The molecule has 1 atom stereocenters. The van der Waals surface area contributed by atoms with E-state index in [1.54, 1.807) is 18.2 Å². The van der Waals surface area contributed by atoms with Crippen molar-refractivity contribution in [1.82, 2.24) is 5.32 Å². The van der Waals surface area contributed by atoms with E-state index in [9.17, 15) is 18.0 Å². The van der Waals surface area contributed by atoms with E-state index in [2.05, 4.69) is 21.2 Å². The van der Waals surface area contributed by atoms with Gasteiger partial charge in [-0.2, -0.15) is 13.2 Å². The van der Waals surface area contributed by atoms with Crippen molar-refractivity contribution < 1.29 is 18.0 Å². The Morgan fingerprint density at radius 1 is 1.47 bits per heavy atom. The number of rotatable bonds is 4. The van der Waals surface area contributed by atoms with Crippen molar-refractivity contribution in [3.63, 3.8) is 0 Å². The molecular weight excluding hydrogens is 301 g/mol. The number of nitrogens with two attached hydrogens (primary N) is 1. The van der Waals surface area contributed by atoms with Crippen LogP contribution in [0, 0.1) is 0 Å². The maximum absolute atomic E-state index is 12.1. The maximum atomic E-state index is 12.1. The summed E-state index contributed by atoms with van der Waals surface area (Å²) in [6.45, 7) is -1.27. The second-order valence-electron chi connectivity index (χ2n) is 3.39. The van der Waals surface area contributed by atoms with Gasteiger partial charge in [0.15, 0.2) is 0 Å². The Labute approximate surface area is 104 Å². The number of hydrogen-bond acceptors (Lipinski definition) is 2. The lowest BCUT2D eigenvalue weighted by molar-refractivity contribution is -0.130. The van der Waals surface area contributed by atoms with E-state index in [1.165, 1.54) is 6.07 Å². The zero-order chi connectivity index (χ0) is 13.1. The SMILES string of the molecule is NC(=O)C(NCC(F)(F)F)c1cccc(Br)c1. The number of benzene rings is 1. The number of carbonyl (C=O) groups is 1. The highest BCUT2D eigenvalue weighted by Gasteiger charge is 2.30. The van der Waals surface area contributed by atoms with Crippen LogP contribution >= 0.6 is 15.9 Å². The van der Waals surface area contributed by atoms with Gasteiger partial charge in [0, 0.05) is 4.47 Å². The number of amides is 1. The van der Waals surface area contributed by atoms with Gasteiger partial charge in [-0.05, 0) is 17.7 Å². The first kappa shape index (κ1) is 14.0. The quantitative estimate of drug-likeness (QED) is 0.895. The van der Waals surface area contributed by atoms with Crippen LogP contribution < -0.4 is 11.1 Å². The Morgan fingerprint density at radius 3 is 2.59 bits per heavy atom. The van der Waals surface area contributed by atoms with Gasteiger partial charge >= 0.3 is 6.18 Å². The fourth-order valence-electron chi connectivity index (χ4n) is 1.29. The molecule has 0 fully saturated rings. The number of nitrogens with one attached hydrogen (secondary N) is 1. The fraction of sp³-hybridized carbons (Fsp3) is 0.300. The zero-order valence-corrected chi connectivity index (χ0v) is 10.2. The summed E-state index contributed by atoms with van der Waals surface area (Å²) in [6.07, 6.45) is -4.39. The average Bonchev–Trinajstić information content (AvgIpc) is 2.15. The van der Waals surface area contributed by atoms with Crippen molar-refractivity contribution in [3.8, 4) is 0 Å². The molecule has 17 heavy (non-hydrogen) atoms. The Hall–Kier alpha value is -1.08. The standard InChI is InChI=1S/C10H10BrF3N2O/c11-7-3-1-2-6(4-7)8(9(15)17)16-5-10(12,13)14/h1-4,8,16H,5H2,(H2,15,17). The summed E-state index contributed by atoms with van der Waals surface area (Å²) < 4.78 is 36.8.